The smallest absolute Gasteiger partial charge is 0.404 e. The average Bonchev–Trinajstić information content (AvgIpc) is 2.90. The van der Waals surface area contributed by atoms with E-state index in [0.29, 0.717) is 30.0 Å². The molecular weight excluding hydrogens is 533 g/mol. The summed E-state index contributed by atoms with van der Waals surface area (Å²) >= 11 is 5.88. The van der Waals surface area contributed by atoms with Gasteiger partial charge in [-0.3, -0.25) is 9.78 Å². The van der Waals surface area contributed by atoms with Gasteiger partial charge < -0.3 is 26.4 Å². The van der Waals surface area contributed by atoms with Crippen molar-refractivity contribution < 1.29 is 22.7 Å². The normalized spacial score (nSPS) is 11.7. The van der Waals surface area contributed by atoms with Gasteiger partial charge >= 0.3 is 6.36 Å². The zero-order chi connectivity index (χ0) is 27.8. The highest BCUT2D eigenvalue weighted by molar-refractivity contribution is 6.32. The third kappa shape index (κ3) is 7.92. The number of pyridine rings is 2. The van der Waals surface area contributed by atoms with E-state index >= 15 is 0 Å². The van der Waals surface area contributed by atoms with E-state index in [1.807, 2.05) is 12.1 Å². The van der Waals surface area contributed by atoms with E-state index in [0.717, 1.165) is 54.2 Å². The highest BCUT2D eigenvalue weighted by Crippen LogP contribution is 2.31. The maximum atomic E-state index is 12.3. The summed E-state index contributed by atoms with van der Waals surface area (Å²) in [5.41, 5.74) is 7.27. The minimum absolute atomic E-state index is 0.0802. The molecule has 12 heteroatoms. The molecule has 0 saturated carbocycles. The Morgan fingerprint density at radius 1 is 0.949 bits per heavy atom. The molecule has 0 radical (unpaired) electrons. The van der Waals surface area contributed by atoms with Crippen LogP contribution in [0.2, 0.25) is 5.02 Å². The van der Waals surface area contributed by atoms with E-state index in [4.69, 9.17) is 22.3 Å². The molecule has 2 heterocycles. The summed E-state index contributed by atoms with van der Waals surface area (Å²) in [5, 5.41) is 12.7. The molecule has 0 aliphatic heterocycles. The van der Waals surface area contributed by atoms with Gasteiger partial charge in [-0.25, -0.2) is 4.98 Å². The first kappa shape index (κ1) is 28.3. The number of nitrogens with zero attached hydrogens (tertiary/aromatic N) is 2. The van der Waals surface area contributed by atoms with Crippen molar-refractivity contribution in [1.82, 2.24) is 20.6 Å². The SMILES string of the molecule is NC(=O)c1ccc2c(c1)nc(NCCNCCCCNCc1ccc(OC(F)(F)F)c(Cl)c1)c1ccncc12. The Bertz CT molecular complexity index is 1450. The number of rotatable bonds is 13. The average molecular weight is 561 g/mol. The van der Waals surface area contributed by atoms with Crippen molar-refractivity contribution in [3.63, 3.8) is 0 Å². The Morgan fingerprint density at radius 3 is 2.49 bits per heavy atom. The third-order valence-electron chi connectivity index (χ3n) is 5.98. The van der Waals surface area contributed by atoms with Gasteiger partial charge in [-0.15, -0.1) is 13.2 Å². The molecule has 1 amide bonds. The lowest BCUT2D eigenvalue weighted by molar-refractivity contribution is -0.274. The van der Waals surface area contributed by atoms with Gasteiger partial charge in [-0.2, -0.15) is 0 Å². The molecule has 0 atom stereocenters. The van der Waals surface area contributed by atoms with Gasteiger partial charge in [-0.05, 0) is 61.8 Å². The monoisotopic (exact) mass is 560 g/mol. The van der Waals surface area contributed by atoms with Crippen molar-refractivity contribution in [3.05, 3.63) is 71.0 Å². The predicted octanol–water partition coefficient (Wildman–Crippen LogP) is 5.01. The van der Waals surface area contributed by atoms with Crippen LogP contribution in [0.3, 0.4) is 0 Å². The molecule has 0 aliphatic rings. The number of hydrogen-bond acceptors (Lipinski definition) is 7. The van der Waals surface area contributed by atoms with Crippen molar-refractivity contribution in [1.29, 1.82) is 0 Å². The molecule has 2 aromatic heterocycles. The molecule has 0 aliphatic carbocycles. The number of fused-ring (bicyclic) bond motifs is 3. The Balaban J connectivity index is 1.17. The van der Waals surface area contributed by atoms with Crippen LogP contribution in [-0.4, -0.2) is 48.4 Å². The molecule has 0 saturated heterocycles. The first-order valence-corrected chi connectivity index (χ1v) is 12.8. The van der Waals surface area contributed by atoms with Crippen molar-refractivity contribution in [3.8, 4) is 5.75 Å². The van der Waals surface area contributed by atoms with Gasteiger partial charge in [0.1, 0.15) is 11.6 Å². The standard InChI is InChI=1S/C27H28ClF3N6O2/c28-22-13-17(3-6-24(22)39-27(29,30)31)15-34-9-2-1-8-33-11-12-36-26-20-7-10-35-16-21(20)19-5-4-18(25(32)38)14-23(19)37-26/h3-7,10,13-14,16,33-34H,1-2,8-9,11-12,15H2,(H2,32,38)(H,36,37). The number of aromatic nitrogens is 2. The maximum absolute atomic E-state index is 12.3. The number of hydrogen-bond donors (Lipinski definition) is 4. The van der Waals surface area contributed by atoms with Crippen LogP contribution in [0.4, 0.5) is 19.0 Å². The van der Waals surface area contributed by atoms with Crippen LogP contribution < -0.4 is 26.4 Å². The van der Waals surface area contributed by atoms with Gasteiger partial charge in [-0.1, -0.05) is 23.7 Å². The number of ether oxygens (including phenoxy) is 1. The number of carbonyl (C=O) groups is 1. The number of unbranched alkanes of at least 4 members (excludes halogenated alkanes) is 1. The topological polar surface area (TPSA) is 114 Å². The number of nitrogens with one attached hydrogen (secondary N) is 3. The largest absolute Gasteiger partial charge is 0.573 e. The summed E-state index contributed by atoms with van der Waals surface area (Å²) in [7, 11) is 0. The summed E-state index contributed by atoms with van der Waals surface area (Å²) in [5.74, 6) is -0.199. The van der Waals surface area contributed by atoms with E-state index in [1.54, 1.807) is 30.6 Å². The number of anilines is 1. The van der Waals surface area contributed by atoms with Crippen molar-refractivity contribution in [2.24, 2.45) is 5.73 Å². The second kappa shape index (κ2) is 12.9. The quantitative estimate of drug-likeness (QED) is 0.134. The summed E-state index contributed by atoms with van der Waals surface area (Å²) in [6.45, 7) is 3.46. The lowest BCUT2D eigenvalue weighted by Crippen LogP contribution is -2.24. The van der Waals surface area contributed by atoms with Crippen molar-refractivity contribution in [2.75, 3.05) is 31.5 Å². The van der Waals surface area contributed by atoms with Gasteiger partial charge in [0, 0.05) is 53.8 Å². The van der Waals surface area contributed by atoms with E-state index in [2.05, 4.69) is 25.7 Å². The molecule has 2 aromatic carbocycles. The second-order valence-corrected chi connectivity index (χ2v) is 9.26. The van der Waals surface area contributed by atoms with Crippen LogP contribution in [0.5, 0.6) is 5.75 Å². The second-order valence-electron chi connectivity index (χ2n) is 8.85. The summed E-state index contributed by atoms with van der Waals surface area (Å²) in [6, 6.07) is 11.4. The summed E-state index contributed by atoms with van der Waals surface area (Å²) in [4.78, 5) is 20.5. The van der Waals surface area contributed by atoms with E-state index in [-0.39, 0.29) is 5.02 Å². The first-order chi connectivity index (χ1) is 18.7. The highest BCUT2D eigenvalue weighted by atomic mass is 35.5. The van der Waals surface area contributed by atoms with Crippen LogP contribution in [0.25, 0.3) is 21.7 Å². The molecule has 5 N–H and O–H groups in total. The highest BCUT2D eigenvalue weighted by Gasteiger charge is 2.32. The van der Waals surface area contributed by atoms with Gasteiger partial charge in [0.2, 0.25) is 5.91 Å². The molecule has 4 aromatic rings. The molecule has 0 bridgehead atoms. The minimum atomic E-state index is -4.77. The molecule has 0 spiro atoms. The van der Waals surface area contributed by atoms with Crippen LogP contribution in [0, 0.1) is 0 Å². The third-order valence-corrected chi connectivity index (χ3v) is 6.28. The van der Waals surface area contributed by atoms with Crippen LogP contribution in [0.1, 0.15) is 28.8 Å². The fourth-order valence-electron chi connectivity index (χ4n) is 4.12. The van der Waals surface area contributed by atoms with Gasteiger partial charge in [0.15, 0.2) is 0 Å². The van der Waals surface area contributed by atoms with Crippen LogP contribution in [0.15, 0.2) is 54.9 Å². The van der Waals surface area contributed by atoms with Crippen LogP contribution in [-0.2, 0) is 6.54 Å². The Morgan fingerprint density at radius 2 is 1.74 bits per heavy atom. The molecule has 8 nitrogen and oxygen atoms in total. The summed E-state index contributed by atoms with van der Waals surface area (Å²) in [6.07, 6.45) is 0.606. The number of halogens is 4. The first-order valence-electron chi connectivity index (χ1n) is 12.4. The predicted molar refractivity (Wildman–Crippen MR) is 146 cm³/mol. The molecule has 0 fully saturated rings. The Kier molecular flexibility index (Phi) is 9.39. The number of nitrogens with two attached hydrogens (primary N) is 1. The lowest BCUT2D eigenvalue weighted by Gasteiger charge is -2.12. The van der Waals surface area contributed by atoms with Gasteiger partial charge in [0.05, 0.1) is 10.5 Å². The fraction of sp³-hybridized carbons (Fsp3) is 0.296. The molecule has 206 valence electrons. The minimum Gasteiger partial charge on any atom is -0.404 e. The zero-order valence-electron chi connectivity index (χ0n) is 20.9. The lowest BCUT2D eigenvalue weighted by atomic mass is 10.1. The number of carbonyl (C=O) groups excluding carboxylic acids is 1. The number of alkyl halides is 3. The number of primary amides is 1. The molecule has 4 rings (SSSR count). The van der Waals surface area contributed by atoms with Crippen molar-refractivity contribution >= 4 is 45.0 Å². The number of benzene rings is 2. The van der Waals surface area contributed by atoms with E-state index < -0.39 is 18.0 Å². The summed E-state index contributed by atoms with van der Waals surface area (Å²) < 4.78 is 40.9. The van der Waals surface area contributed by atoms with E-state index in [1.165, 1.54) is 12.1 Å². The molecule has 0 unspecified atom stereocenters. The Labute approximate surface area is 228 Å². The Hall–Kier alpha value is -3.67. The van der Waals surface area contributed by atoms with Gasteiger partial charge in [0.25, 0.3) is 0 Å². The van der Waals surface area contributed by atoms with E-state index in [9.17, 15) is 18.0 Å². The molecular formula is C27H28ClF3N6O2. The van der Waals surface area contributed by atoms with Crippen molar-refractivity contribution in [2.45, 2.75) is 25.7 Å². The zero-order valence-corrected chi connectivity index (χ0v) is 21.7. The maximum Gasteiger partial charge on any atom is 0.573 e. The fourth-order valence-corrected chi connectivity index (χ4v) is 4.37. The number of amides is 1. The molecule has 39 heavy (non-hydrogen) atoms. The van der Waals surface area contributed by atoms with Crippen LogP contribution >= 0.6 is 11.6 Å².